The number of alkyl halides is 3. The molecule has 1 unspecified atom stereocenters. The van der Waals surface area contributed by atoms with E-state index in [1.165, 1.54) is 18.2 Å². The van der Waals surface area contributed by atoms with Crippen LogP contribution in [0, 0.1) is 0 Å². The van der Waals surface area contributed by atoms with Gasteiger partial charge in [-0.05, 0) is 36.4 Å². The third kappa shape index (κ3) is 2.90. The molecule has 2 aromatic rings. The van der Waals surface area contributed by atoms with Gasteiger partial charge in [-0.3, -0.25) is 4.79 Å². The van der Waals surface area contributed by atoms with E-state index in [1.807, 2.05) is 0 Å². The number of carboxylic acids is 1. The fourth-order valence-electron chi connectivity index (χ4n) is 2.26. The van der Waals surface area contributed by atoms with Crippen LogP contribution < -0.4 is 13.9 Å². The van der Waals surface area contributed by atoms with Crippen LogP contribution in [0.2, 0.25) is 0 Å². The quantitative estimate of drug-likeness (QED) is 0.645. The van der Waals surface area contributed by atoms with Gasteiger partial charge in [0.25, 0.3) is 0 Å². The third-order valence-electron chi connectivity index (χ3n) is 3.52. The number of para-hydroxylation sites is 2. The molecule has 2 aromatic carbocycles. The lowest BCUT2D eigenvalue weighted by Crippen LogP contribution is -2.62. The molecule has 136 valence electrons. The van der Waals surface area contributed by atoms with E-state index in [9.17, 15) is 27.9 Å². The van der Waals surface area contributed by atoms with E-state index in [0.717, 1.165) is 12.1 Å². The van der Waals surface area contributed by atoms with E-state index < -0.39 is 29.4 Å². The SMILES string of the molecule is O=C(O)C1(Oc2ccc(C(F)(F)F)cc2)Oc2ccccc2N(Cl)C1=O. The number of rotatable bonds is 3. The second kappa shape index (κ2) is 6.10. The molecule has 0 spiro atoms. The smallest absolute Gasteiger partial charge is 0.435 e. The first-order chi connectivity index (χ1) is 12.1. The first-order valence-corrected chi connectivity index (χ1v) is 7.37. The van der Waals surface area contributed by atoms with Crippen molar-refractivity contribution < 1.29 is 37.3 Å². The van der Waals surface area contributed by atoms with Gasteiger partial charge in [-0.1, -0.05) is 12.1 Å². The average molecular weight is 388 g/mol. The number of ether oxygens (including phenoxy) is 2. The molecule has 1 heterocycles. The first kappa shape index (κ1) is 17.9. The van der Waals surface area contributed by atoms with Crippen molar-refractivity contribution in [3.8, 4) is 11.5 Å². The summed E-state index contributed by atoms with van der Waals surface area (Å²) in [6, 6.07) is 8.98. The minimum absolute atomic E-state index is 0.0450. The number of anilines is 1. The van der Waals surface area contributed by atoms with Gasteiger partial charge in [0.2, 0.25) is 0 Å². The van der Waals surface area contributed by atoms with Crippen LogP contribution in [0.5, 0.6) is 11.5 Å². The van der Waals surface area contributed by atoms with Crippen molar-refractivity contribution >= 4 is 29.3 Å². The van der Waals surface area contributed by atoms with Crippen LogP contribution in [0.1, 0.15) is 5.56 Å². The summed E-state index contributed by atoms with van der Waals surface area (Å²) in [7, 11) is 0. The van der Waals surface area contributed by atoms with Gasteiger partial charge in [0.05, 0.1) is 5.56 Å². The van der Waals surface area contributed by atoms with E-state index >= 15 is 0 Å². The number of benzene rings is 2. The predicted molar refractivity (Wildman–Crippen MR) is 82.8 cm³/mol. The molecule has 1 atom stereocenters. The summed E-state index contributed by atoms with van der Waals surface area (Å²) in [5, 5.41) is 9.51. The number of amides is 1. The molecule has 6 nitrogen and oxygen atoms in total. The number of halogens is 4. The fraction of sp³-hybridized carbons (Fsp3) is 0.125. The van der Waals surface area contributed by atoms with Crippen molar-refractivity contribution in [1.82, 2.24) is 0 Å². The molecular weight excluding hydrogens is 379 g/mol. The van der Waals surface area contributed by atoms with Crippen molar-refractivity contribution in [3.05, 3.63) is 54.1 Å². The fourth-order valence-corrected chi connectivity index (χ4v) is 2.51. The highest BCUT2D eigenvalue weighted by Gasteiger charge is 2.58. The lowest BCUT2D eigenvalue weighted by molar-refractivity contribution is -0.190. The highest BCUT2D eigenvalue weighted by atomic mass is 35.5. The zero-order valence-corrected chi connectivity index (χ0v) is 13.4. The largest absolute Gasteiger partial charge is 0.475 e. The number of carbonyl (C=O) groups is 2. The molecule has 0 saturated carbocycles. The molecule has 1 amide bonds. The van der Waals surface area contributed by atoms with Crippen molar-refractivity contribution in [3.63, 3.8) is 0 Å². The molecule has 0 saturated heterocycles. The lowest BCUT2D eigenvalue weighted by Gasteiger charge is -2.36. The third-order valence-corrected chi connectivity index (χ3v) is 3.85. The maximum Gasteiger partial charge on any atom is 0.435 e. The molecule has 0 radical (unpaired) electrons. The molecule has 0 aliphatic carbocycles. The van der Waals surface area contributed by atoms with Crippen LogP contribution >= 0.6 is 11.8 Å². The maximum atomic E-state index is 12.6. The summed E-state index contributed by atoms with van der Waals surface area (Å²) in [6.45, 7) is 0. The van der Waals surface area contributed by atoms with Gasteiger partial charge >= 0.3 is 23.8 Å². The van der Waals surface area contributed by atoms with Gasteiger partial charge in [0.15, 0.2) is 5.75 Å². The normalized spacial score (nSPS) is 19.5. The first-order valence-electron chi connectivity index (χ1n) is 7.03. The Hall–Kier alpha value is -2.94. The number of hydrogen-bond donors (Lipinski definition) is 1. The summed E-state index contributed by atoms with van der Waals surface area (Å²) in [4.78, 5) is 24.2. The summed E-state index contributed by atoms with van der Waals surface area (Å²) in [5.41, 5.74) is -0.860. The highest BCUT2D eigenvalue weighted by molar-refractivity contribution is 6.40. The van der Waals surface area contributed by atoms with Gasteiger partial charge < -0.3 is 14.6 Å². The Balaban J connectivity index is 1.99. The molecule has 0 bridgehead atoms. The minimum atomic E-state index is -4.58. The number of hydrogen-bond acceptors (Lipinski definition) is 4. The Bertz CT molecular complexity index is 871. The topological polar surface area (TPSA) is 76.1 Å². The van der Waals surface area contributed by atoms with Crippen LogP contribution in [-0.4, -0.2) is 22.8 Å². The molecule has 0 aromatic heterocycles. The van der Waals surface area contributed by atoms with E-state index in [2.05, 4.69) is 0 Å². The Morgan fingerprint density at radius 1 is 1.15 bits per heavy atom. The van der Waals surface area contributed by atoms with Crippen molar-refractivity contribution in [1.29, 1.82) is 0 Å². The number of nitrogens with zero attached hydrogens (tertiary/aromatic N) is 1. The summed E-state index contributed by atoms with van der Waals surface area (Å²) in [6.07, 6.45) is -4.58. The van der Waals surface area contributed by atoms with Gasteiger partial charge in [0.1, 0.15) is 11.4 Å². The molecule has 1 aliphatic heterocycles. The van der Waals surface area contributed by atoms with Crippen LogP contribution in [0.15, 0.2) is 48.5 Å². The summed E-state index contributed by atoms with van der Waals surface area (Å²) < 4.78 is 48.8. The van der Waals surface area contributed by atoms with Gasteiger partial charge in [-0.2, -0.15) is 13.2 Å². The Kier molecular flexibility index (Phi) is 4.19. The Morgan fingerprint density at radius 3 is 2.35 bits per heavy atom. The highest BCUT2D eigenvalue weighted by Crippen LogP contribution is 2.40. The van der Waals surface area contributed by atoms with Crippen molar-refractivity contribution in [2.24, 2.45) is 0 Å². The molecule has 26 heavy (non-hydrogen) atoms. The molecule has 3 rings (SSSR count). The summed E-state index contributed by atoms with van der Waals surface area (Å²) in [5.74, 6) is -6.32. The molecule has 1 N–H and O–H groups in total. The Labute approximate surface area is 149 Å². The second-order valence-corrected chi connectivity index (χ2v) is 5.54. The molecular formula is C16H9ClF3NO5. The van der Waals surface area contributed by atoms with Crippen molar-refractivity contribution in [2.45, 2.75) is 12.0 Å². The van der Waals surface area contributed by atoms with Gasteiger partial charge in [-0.15, -0.1) is 0 Å². The van der Waals surface area contributed by atoms with Crippen LogP contribution in [-0.2, 0) is 15.8 Å². The van der Waals surface area contributed by atoms with Crippen LogP contribution in [0.4, 0.5) is 18.9 Å². The van der Waals surface area contributed by atoms with E-state index in [1.54, 1.807) is 6.07 Å². The van der Waals surface area contributed by atoms with Gasteiger partial charge in [0, 0.05) is 11.8 Å². The average Bonchev–Trinajstić information content (AvgIpc) is 2.59. The monoisotopic (exact) mass is 387 g/mol. The summed E-state index contributed by atoms with van der Waals surface area (Å²) >= 11 is 5.89. The zero-order chi connectivity index (χ0) is 19.1. The van der Waals surface area contributed by atoms with E-state index in [4.69, 9.17) is 21.3 Å². The van der Waals surface area contributed by atoms with E-state index in [-0.39, 0.29) is 17.2 Å². The predicted octanol–water partition coefficient (Wildman–Crippen LogP) is 3.44. The Morgan fingerprint density at radius 2 is 1.77 bits per heavy atom. The second-order valence-electron chi connectivity index (χ2n) is 5.20. The zero-order valence-electron chi connectivity index (χ0n) is 12.7. The van der Waals surface area contributed by atoms with Crippen molar-refractivity contribution in [2.75, 3.05) is 4.42 Å². The minimum Gasteiger partial charge on any atom is -0.475 e. The van der Waals surface area contributed by atoms with E-state index in [0.29, 0.717) is 16.6 Å². The van der Waals surface area contributed by atoms with Crippen LogP contribution in [0.3, 0.4) is 0 Å². The molecule has 0 fully saturated rings. The lowest BCUT2D eigenvalue weighted by atomic mass is 10.1. The number of fused-ring (bicyclic) bond motifs is 1. The van der Waals surface area contributed by atoms with Gasteiger partial charge in [-0.25, -0.2) is 9.21 Å². The maximum absolute atomic E-state index is 12.6. The number of aliphatic carboxylic acids is 1. The molecule has 1 aliphatic rings. The van der Waals surface area contributed by atoms with Crippen LogP contribution in [0.25, 0.3) is 0 Å². The number of carboxylic acid groups (broad SMARTS) is 1. The number of carbonyl (C=O) groups excluding carboxylic acids is 1. The standard InChI is InChI=1S/C16H9ClF3NO5/c17-21-11-3-1-2-4-12(11)26-15(13(21)22,14(23)24)25-10-7-5-9(6-8-10)16(18,19)20/h1-8H,(H,23,24). The molecule has 10 heteroatoms.